The van der Waals surface area contributed by atoms with Crippen LogP contribution in [-0.4, -0.2) is 28.4 Å². The fraction of sp³-hybridized carbons (Fsp3) is 0.0968. The molecule has 11 heteroatoms. The van der Waals surface area contributed by atoms with E-state index in [1.165, 1.54) is 18.3 Å². The van der Waals surface area contributed by atoms with Gasteiger partial charge in [0.1, 0.15) is 5.75 Å². The number of carbonyl (C=O) groups is 1. The van der Waals surface area contributed by atoms with Gasteiger partial charge in [0.25, 0.3) is 11.5 Å². The zero-order valence-electron chi connectivity index (χ0n) is 22.0. The number of para-hydroxylation sites is 2. The van der Waals surface area contributed by atoms with Crippen LogP contribution in [-0.2, 0) is 11.0 Å². The largest absolute Gasteiger partial charge is 0.483 e. The minimum atomic E-state index is -4.57. The highest BCUT2D eigenvalue weighted by molar-refractivity contribution is 14.1. The van der Waals surface area contributed by atoms with Gasteiger partial charge in [0, 0.05) is 11.3 Å². The van der Waals surface area contributed by atoms with Gasteiger partial charge in [0.05, 0.1) is 26.3 Å². The van der Waals surface area contributed by atoms with Crippen LogP contribution >= 0.6 is 22.6 Å². The Bertz CT molecular complexity index is 1890. The van der Waals surface area contributed by atoms with Crippen molar-refractivity contribution in [1.29, 1.82) is 0 Å². The van der Waals surface area contributed by atoms with Crippen molar-refractivity contribution < 1.29 is 22.7 Å². The quantitative estimate of drug-likeness (QED) is 0.150. The average Bonchev–Trinajstić information content (AvgIpc) is 2.97. The summed E-state index contributed by atoms with van der Waals surface area (Å²) in [6, 6.07) is 23.7. The first-order valence-electron chi connectivity index (χ1n) is 12.6. The predicted molar refractivity (Wildman–Crippen MR) is 164 cm³/mol. The van der Waals surface area contributed by atoms with Gasteiger partial charge in [-0.2, -0.15) is 22.9 Å². The number of nitrogens with one attached hydrogen (secondary N) is 1. The molecule has 4 aromatic carbocycles. The van der Waals surface area contributed by atoms with Gasteiger partial charge in [-0.1, -0.05) is 42.5 Å². The molecule has 0 radical (unpaired) electrons. The first-order valence-corrected chi connectivity index (χ1v) is 13.7. The Morgan fingerprint density at radius 3 is 2.55 bits per heavy atom. The summed E-state index contributed by atoms with van der Waals surface area (Å²) in [4.78, 5) is 30.2. The maximum atomic E-state index is 13.4. The molecule has 42 heavy (non-hydrogen) atoms. The molecular formula is C31H22F3IN4O3. The van der Waals surface area contributed by atoms with Crippen LogP contribution in [0, 0.1) is 10.5 Å². The SMILES string of the molecule is Cc1ccccc1NC(=O)COc1ccc(C=Nn2c(-c3cccc(C(F)(F)F)c3)nc3ccccc3c2=O)cc1I. The lowest BCUT2D eigenvalue weighted by atomic mass is 10.1. The van der Waals surface area contributed by atoms with Crippen molar-refractivity contribution in [3.63, 3.8) is 0 Å². The van der Waals surface area contributed by atoms with Crippen LogP contribution in [0.4, 0.5) is 18.9 Å². The number of fused-ring (bicyclic) bond motifs is 1. The molecule has 0 fully saturated rings. The zero-order valence-corrected chi connectivity index (χ0v) is 24.2. The number of anilines is 1. The van der Waals surface area contributed by atoms with Gasteiger partial charge < -0.3 is 10.1 Å². The number of aromatic nitrogens is 2. The van der Waals surface area contributed by atoms with Gasteiger partial charge in [-0.15, -0.1) is 0 Å². The number of alkyl halides is 3. The number of amides is 1. The zero-order chi connectivity index (χ0) is 29.9. The highest BCUT2D eigenvalue weighted by Crippen LogP contribution is 2.32. The van der Waals surface area contributed by atoms with Crippen LogP contribution in [0.3, 0.4) is 0 Å². The lowest BCUT2D eigenvalue weighted by molar-refractivity contribution is -0.137. The predicted octanol–water partition coefficient (Wildman–Crippen LogP) is 6.90. The van der Waals surface area contributed by atoms with Crippen LogP contribution < -0.4 is 15.6 Å². The lowest BCUT2D eigenvalue weighted by Gasteiger charge is -2.12. The summed E-state index contributed by atoms with van der Waals surface area (Å²) < 4.78 is 47.6. The van der Waals surface area contributed by atoms with Gasteiger partial charge in [0.15, 0.2) is 12.4 Å². The van der Waals surface area contributed by atoms with E-state index in [-0.39, 0.29) is 29.3 Å². The second kappa shape index (κ2) is 12.1. The molecule has 0 spiro atoms. The Kier molecular flexibility index (Phi) is 8.39. The van der Waals surface area contributed by atoms with Crippen LogP contribution in [0.2, 0.25) is 0 Å². The van der Waals surface area contributed by atoms with Gasteiger partial charge in [0.2, 0.25) is 0 Å². The van der Waals surface area contributed by atoms with Crippen LogP contribution in [0.5, 0.6) is 5.75 Å². The van der Waals surface area contributed by atoms with Crippen molar-refractivity contribution in [3.8, 4) is 17.1 Å². The van der Waals surface area contributed by atoms with Crippen molar-refractivity contribution in [2.24, 2.45) is 5.10 Å². The molecule has 1 heterocycles. The molecule has 0 atom stereocenters. The van der Waals surface area contributed by atoms with E-state index in [9.17, 15) is 22.8 Å². The topological polar surface area (TPSA) is 85.6 Å². The molecule has 0 unspecified atom stereocenters. The van der Waals surface area contributed by atoms with E-state index in [1.807, 2.05) is 25.1 Å². The third-order valence-corrected chi connectivity index (χ3v) is 7.10. The third kappa shape index (κ3) is 6.51. The van der Waals surface area contributed by atoms with E-state index in [4.69, 9.17) is 4.74 Å². The summed E-state index contributed by atoms with van der Waals surface area (Å²) in [6.45, 7) is 1.70. The van der Waals surface area contributed by atoms with Crippen molar-refractivity contribution in [3.05, 3.63) is 122 Å². The van der Waals surface area contributed by atoms with E-state index in [2.05, 4.69) is 38.0 Å². The van der Waals surface area contributed by atoms with E-state index in [0.29, 0.717) is 26.1 Å². The minimum absolute atomic E-state index is 0.0321. The van der Waals surface area contributed by atoms with Crippen molar-refractivity contribution in [1.82, 2.24) is 9.66 Å². The number of hydrogen-bond donors (Lipinski definition) is 1. The smallest absolute Gasteiger partial charge is 0.416 e. The molecule has 7 nitrogen and oxygen atoms in total. The lowest BCUT2D eigenvalue weighted by Crippen LogP contribution is -2.21. The molecule has 1 aromatic heterocycles. The number of aryl methyl sites for hydroxylation is 1. The molecule has 5 aromatic rings. The molecule has 1 N–H and O–H groups in total. The maximum Gasteiger partial charge on any atom is 0.416 e. The molecule has 0 aliphatic heterocycles. The summed E-state index contributed by atoms with van der Waals surface area (Å²) in [7, 11) is 0. The monoisotopic (exact) mass is 682 g/mol. The molecule has 1 amide bonds. The standard InChI is InChI=1S/C31H22F3IN4O3/c1-19-7-2-4-11-25(19)37-28(40)18-42-27-14-13-20(15-24(27)35)17-36-39-29(21-8-6-9-22(16-21)31(32,33)34)38-26-12-5-3-10-23(26)30(39)41/h2-17H,18H2,1H3,(H,37,40). The van der Waals surface area contributed by atoms with E-state index >= 15 is 0 Å². The Labute approximate surface area is 251 Å². The molecule has 5 rings (SSSR count). The first kappa shape index (κ1) is 29.0. The second-order valence-electron chi connectivity index (χ2n) is 9.23. The number of carbonyl (C=O) groups excluding carboxylic acids is 1. The molecule has 0 saturated heterocycles. The number of benzene rings is 4. The van der Waals surface area contributed by atoms with Gasteiger partial charge >= 0.3 is 6.18 Å². The molecule has 0 aliphatic rings. The number of ether oxygens (including phenoxy) is 1. The fourth-order valence-electron chi connectivity index (χ4n) is 4.13. The number of nitrogens with zero attached hydrogens (tertiary/aromatic N) is 3. The number of hydrogen-bond acceptors (Lipinski definition) is 5. The van der Waals surface area contributed by atoms with Crippen molar-refractivity contribution in [2.45, 2.75) is 13.1 Å². The molecule has 0 bridgehead atoms. The molecule has 0 aliphatic carbocycles. The maximum absolute atomic E-state index is 13.4. The van der Waals surface area contributed by atoms with E-state index in [0.717, 1.165) is 22.4 Å². The first-order chi connectivity index (χ1) is 20.1. The Balaban J connectivity index is 1.41. The van der Waals surface area contributed by atoms with E-state index in [1.54, 1.807) is 48.5 Å². The van der Waals surface area contributed by atoms with Gasteiger partial charge in [-0.05, 0) is 89.2 Å². The number of rotatable bonds is 7. The van der Waals surface area contributed by atoms with Gasteiger partial charge in [-0.3, -0.25) is 9.59 Å². The molecule has 0 saturated carbocycles. The summed E-state index contributed by atoms with van der Waals surface area (Å²) in [6.07, 6.45) is -3.16. The van der Waals surface area contributed by atoms with Crippen molar-refractivity contribution in [2.75, 3.05) is 11.9 Å². The average molecular weight is 682 g/mol. The Morgan fingerprint density at radius 2 is 1.79 bits per heavy atom. The summed E-state index contributed by atoms with van der Waals surface area (Å²) >= 11 is 2.06. The van der Waals surface area contributed by atoms with Gasteiger partial charge in [-0.25, -0.2) is 4.98 Å². The number of halogens is 4. The summed E-state index contributed by atoms with van der Waals surface area (Å²) in [5.74, 6) is 0.133. The molecule has 212 valence electrons. The van der Waals surface area contributed by atoms with Crippen LogP contribution in [0.1, 0.15) is 16.7 Å². The fourth-order valence-corrected chi connectivity index (χ4v) is 4.83. The van der Waals surface area contributed by atoms with Crippen LogP contribution in [0.25, 0.3) is 22.3 Å². The normalized spacial score (nSPS) is 11.6. The van der Waals surface area contributed by atoms with Crippen molar-refractivity contribution >= 4 is 51.3 Å². The summed E-state index contributed by atoms with van der Waals surface area (Å²) in [5, 5.41) is 7.40. The highest BCUT2D eigenvalue weighted by atomic mass is 127. The summed E-state index contributed by atoms with van der Waals surface area (Å²) in [5.41, 5.74) is 1.26. The van der Waals surface area contributed by atoms with E-state index < -0.39 is 17.3 Å². The highest BCUT2D eigenvalue weighted by Gasteiger charge is 2.31. The Morgan fingerprint density at radius 1 is 1.02 bits per heavy atom. The molecular weight excluding hydrogens is 660 g/mol. The van der Waals surface area contributed by atoms with Crippen LogP contribution in [0.15, 0.2) is 101 Å². The third-order valence-electron chi connectivity index (χ3n) is 6.26. The Hall–Kier alpha value is -4.52. The second-order valence-corrected chi connectivity index (χ2v) is 10.4. The minimum Gasteiger partial charge on any atom is -0.483 e.